The summed E-state index contributed by atoms with van der Waals surface area (Å²) in [7, 11) is 1.63. The molecule has 1 aromatic heterocycles. The van der Waals surface area contributed by atoms with E-state index in [0.29, 0.717) is 16.6 Å². The van der Waals surface area contributed by atoms with E-state index in [4.69, 9.17) is 16.3 Å². The molecule has 3 aromatic rings. The van der Waals surface area contributed by atoms with Crippen LogP contribution in [-0.2, 0) is 25.2 Å². The van der Waals surface area contributed by atoms with E-state index in [0.717, 1.165) is 18.1 Å². The van der Waals surface area contributed by atoms with Gasteiger partial charge in [-0.05, 0) is 50.1 Å². The number of rotatable bonds is 5. The van der Waals surface area contributed by atoms with Crippen molar-refractivity contribution in [3.8, 4) is 17.1 Å². The molecule has 3 rings (SSSR count). The van der Waals surface area contributed by atoms with Crippen LogP contribution in [0.4, 0.5) is 13.2 Å². The highest BCUT2D eigenvalue weighted by atomic mass is 35.5. The SMILES string of the molecule is CCc1cc(Cl)ccc1OC(C)(C)c1nnc(-c2ccccc2C(F)(F)F)n1C. The standard InChI is InChI=1S/C21H21ClF3N3O/c1-5-13-12-14(22)10-11-17(13)29-20(2,3)19-27-26-18(28(19)4)15-8-6-7-9-16(15)21(23,24)25/h6-12H,5H2,1-4H3. The van der Waals surface area contributed by atoms with Crippen molar-refractivity contribution in [2.24, 2.45) is 7.05 Å². The predicted octanol–water partition coefficient (Wildman–Crippen LogP) is 6.03. The molecule has 0 spiro atoms. The second-order valence-electron chi connectivity index (χ2n) is 7.17. The molecule has 0 amide bonds. The highest BCUT2D eigenvalue weighted by Gasteiger charge is 2.36. The van der Waals surface area contributed by atoms with Gasteiger partial charge in [0.05, 0.1) is 5.56 Å². The lowest BCUT2D eigenvalue weighted by molar-refractivity contribution is -0.137. The molecule has 0 radical (unpaired) electrons. The Morgan fingerprint density at radius 1 is 1.07 bits per heavy atom. The number of halogens is 4. The van der Waals surface area contributed by atoms with E-state index in [1.807, 2.05) is 13.0 Å². The quantitative estimate of drug-likeness (QED) is 0.503. The minimum atomic E-state index is -4.49. The molecular weight excluding hydrogens is 403 g/mol. The Hall–Kier alpha value is -2.54. The molecule has 0 aliphatic carbocycles. The maximum atomic E-state index is 13.4. The van der Waals surface area contributed by atoms with Gasteiger partial charge in [-0.1, -0.05) is 36.7 Å². The predicted molar refractivity (Wildman–Crippen MR) is 106 cm³/mol. The molecule has 0 fully saturated rings. The normalized spacial score (nSPS) is 12.3. The molecule has 0 saturated heterocycles. The number of benzene rings is 2. The Morgan fingerprint density at radius 3 is 2.41 bits per heavy atom. The fourth-order valence-electron chi connectivity index (χ4n) is 3.26. The molecule has 0 saturated carbocycles. The molecule has 8 heteroatoms. The average Bonchev–Trinajstić information content (AvgIpc) is 3.04. The zero-order valence-electron chi connectivity index (χ0n) is 16.5. The van der Waals surface area contributed by atoms with Gasteiger partial charge in [-0.25, -0.2) is 0 Å². The van der Waals surface area contributed by atoms with Crippen LogP contribution in [0.2, 0.25) is 5.02 Å². The summed E-state index contributed by atoms with van der Waals surface area (Å²) in [6.07, 6.45) is -3.77. The zero-order chi connectivity index (χ0) is 21.4. The van der Waals surface area contributed by atoms with Crippen LogP contribution in [-0.4, -0.2) is 14.8 Å². The van der Waals surface area contributed by atoms with E-state index in [1.165, 1.54) is 16.7 Å². The van der Waals surface area contributed by atoms with Crippen molar-refractivity contribution in [2.45, 2.75) is 39.0 Å². The van der Waals surface area contributed by atoms with Gasteiger partial charge in [-0.15, -0.1) is 10.2 Å². The van der Waals surface area contributed by atoms with Gasteiger partial charge in [-0.3, -0.25) is 0 Å². The third-order valence-corrected chi connectivity index (χ3v) is 4.89. The van der Waals surface area contributed by atoms with Crippen molar-refractivity contribution in [1.82, 2.24) is 14.8 Å². The van der Waals surface area contributed by atoms with Crippen LogP contribution >= 0.6 is 11.6 Å². The van der Waals surface area contributed by atoms with Gasteiger partial charge in [0, 0.05) is 17.6 Å². The Morgan fingerprint density at radius 2 is 1.76 bits per heavy atom. The van der Waals surface area contributed by atoms with Crippen molar-refractivity contribution in [1.29, 1.82) is 0 Å². The van der Waals surface area contributed by atoms with Gasteiger partial charge in [0.25, 0.3) is 0 Å². The third kappa shape index (κ3) is 4.24. The van der Waals surface area contributed by atoms with Gasteiger partial charge in [-0.2, -0.15) is 13.2 Å². The summed E-state index contributed by atoms with van der Waals surface area (Å²) in [5.41, 5.74) is -0.801. The van der Waals surface area contributed by atoms with Crippen molar-refractivity contribution >= 4 is 11.6 Å². The number of aromatic nitrogens is 3. The van der Waals surface area contributed by atoms with Crippen molar-refractivity contribution in [3.05, 3.63) is 64.4 Å². The van der Waals surface area contributed by atoms with Crippen molar-refractivity contribution < 1.29 is 17.9 Å². The third-order valence-electron chi connectivity index (χ3n) is 4.66. The van der Waals surface area contributed by atoms with Crippen LogP contribution in [0.15, 0.2) is 42.5 Å². The highest BCUT2D eigenvalue weighted by molar-refractivity contribution is 6.30. The molecular formula is C21H21ClF3N3O. The molecule has 0 aliphatic heterocycles. The molecule has 154 valence electrons. The Labute approximate surface area is 172 Å². The number of ether oxygens (including phenoxy) is 1. The van der Waals surface area contributed by atoms with Crippen LogP contribution in [0.3, 0.4) is 0 Å². The van der Waals surface area contributed by atoms with E-state index in [-0.39, 0.29) is 11.4 Å². The Balaban J connectivity index is 2.02. The Kier molecular flexibility index (Phi) is 5.63. The van der Waals surface area contributed by atoms with E-state index in [9.17, 15) is 13.2 Å². The smallest absolute Gasteiger partial charge is 0.417 e. The van der Waals surface area contributed by atoms with Crippen LogP contribution in [0.1, 0.15) is 37.7 Å². The van der Waals surface area contributed by atoms with Gasteiger partial charge in [0.15, 0.2) is 17.2 Å². The summed E-state index contributed by atoms with van der Waals surface area (Å²) in [5.74, 6) is 1.17. The van der Waals surface area contributed by atoms with Gasteiger partial charge >= 0.3 is 6.18 Å². The van der Waals surface area contributed by atoms with Gasteiger partial charge in [0.1, 0.15) is 5.75 Å². The largest absolute Gasteiger partial charge is 0.480 e. The number of alkyl halides is 3. The minimum absolute atomic E-state index is 0.0298. The zero-order valence-corrected chi connectivity index (χ0v) is 17.3. The van der Waals surface area contributed by atoms with Gasteiger partial charge < -0.3 is 9.30 Å². The fraction of sp³-hybridized carbons (Fsp3) is 0.333. The molecule has 4 nitrogen and oxygen atoms in total. The number of hydrogen-bond acceptors (Lipinski definition) is 3. The average molecular weight is 424 g/mol. The summed E-state index contributed by atoms with van der Waals surface area (Å²) in [6, 6.07) is 10.7. The lowest BCUT2D eigenvalue weighted by Crippen LogP contribution is -2.29. The maximum Gasteiger partial charge on any atom is 0.417 e. The summed E-state index contributed by atoms with van der Waals surface area (Å²) in [4.78, 5) is 0. The minimum Gasteiger partial charge on any atom is -0.480 e. The van der Waals surface area contributed by atoms with E-state index in [2.05, 4.69) is 10.2 Å². The topological polar surface area (TPSA) is 39.9 Å². The summed E-state index contributed by atoms with van der Waals surface area (Å²) < 4.78 is 48.0. The van der Waals surface area contributed by atoms with Gasteiger partial charge in [0.2, 0.25) is 0 Å². The monoisotopic (exact) mass is 423 g/mol. The molecule has 0 bridgehead atoms. The van der Waals surface area contributed by atoms with Crippen molar-refractivity contribution in [3.63, 3.8) is 0 Å². The molecule has 0 atom stereocenters. The second kappa shape index (κ2) is 7.71. The van der Waals surface area contributed by atoms with Crippen LogP contribution in [0.5, 0.6) is 5.75 Å². The first-order valence-corrected chi connectivity index (χ1v) is 9.46. The van der Waals surface area contributed by atoms with Crippen LogP contribution < -0.4 is 4.74 Å². The first kappa shape index (κ1) is 21.2. The molecule has 29 heavy (non-hydrogen) atoms. The molecule has 2 aromatic carbocycles. The van der Waals surface area contributed by atoms with E-state index < -0.39 is 17.3 Å². The second-order valence-corrected chi connectivity index (χ2v) is 7.60. The summed E-state index contributed by atoms with van der Waals surface area (Å²) in [5, 5.41) is 8.80. The first-order chi connectivity index (χ1) is 13.5. The molecule has 1 heterocycles. The highest BCUT2D eigenvalue weighted by Crippen LogP contribution is 2.37. The number of aryl methyl sites for hydroxylation is 1. The summed E-state index contributed by atoms with van der Waals surface area (Å²) in [6.45, 7) is 5.58. The Bertz CT molecular complexity index is 1030. The van der Waals surface area contributed by atoms with Crippen LogP contribution in [0, 0.1) is 0 Å². The molecule has 0 aliphatic rings. The molecule has 0 N–H and O–H groups in total. The fourth-order valence-corrected chi connectivity index (χ4v) is 3.45. The summed E-state index contributed by atoms with van der Waals surface area (Å²) >= 11 is 6.06. The van der Waals surface area contributed by atoms with Crippen molar-refractivity contribution in [2.75, 3.05) is 0 Å². The first-order valence-electron chi connectivity index (χ1n) is 9.08. The maximum absolute atomic E-state index is 13.4. The van der Waals surface area contributed by atoms with E-state index in [1.54, 1.807) is 39.1 Å². The van der Waals surface area contributed by atoms with Crippen LogP contribution in [0.25, 0.3) is 11.4 Å². The molecule has 0 unspecified atom stereocenters. The lowest BCUT2D eigenvalue weighted by atomic mass is 10.1. The number of nitrogens with zero attached hydrogens (tertiary/aromatic N) is 3. The van der Waals surface area contributed by atoms with E-state index >= 15 is 0 Å². The lowest BCUT2D eigenvalue weighted by Gasteiger charge is -2.27. The number of hydrogen-bond donors (Lipinski definition) is 0.